The van der Waals surface area contributed by atoms with Gasteiger partial charge in [-0.2, -0.15) is 5.10 Å². The van der Waals surface area contributed by atoms with Crippen LogP contribution in [0.2, 0.25) is 0 Å². The molecule has 1 heterocycles. The molecule has 0 radical (unpaired) electrons. The second kappa shape index (κ2) is 6.20. The van der Waals surface area contributed by atoms with Crippen molar-refractivity contribution in [3.8, 4) is 0 Å². The number of hydrazone groups is 1. The molecule has 2 aromatic carbocycles. The fraction of sp³-hybridized carbons (Fsp3) is 0.158. The largest absolute Gasteiger partial charge is 0.273 e. The summed E-state index contributed by atoms with van der Waals surface area (Å²) in [4.78, 5) is 20.8. The summed E-state index contributed by atoms with van der Waals surface area (Å²) >= 11 is 0. The van der Waals surface area contributed by atoms with Crippen molar-refractivity contribution in [2.45, 2.75) is 12.3 Å². The van der Waals surface area contributed by atoms with Crippen molar-refractivity contribution in [1.29, 1.82) is 0 Å². The smallest absolute Gasteiger partial charge is 0.243 e. The Labute approximate surface area is 139 Å². The number of para-hydroxylation sites is 1. The molecule has 2 atom stereocenters. The average Bonchev–Trinajstić information content (AvgIpc) is 3.43. The van der Waals surface area contributed by atoms with Gasteiger partial charge < -0.3 is 0 Å². The fourth-order valence-corrected chi connectivity index (χ4v) is 2.92. The Morgan fingerprint density at radius 1 is 1.08 bits per heavy atom. The Bertz CT molecular complexity index is 902. The number of amides is 1. The molecule has 1 aliphatic rings. The van der Waals surface area contributed by atoms with Crippen molar-refractivity contribution in [2.24, 2.45) is 11.0 Å². The van der Waals surface area contributed by atoms with Gasteiger partial charge in [0.1, 0.15) is 0 Å². The fourth-order valence-electron chi connectivity index (χ4n) is 2.92. The van der Waals surface area contributed by atoms with Gasteiger partial charge in [-0.15, -0.1) is 0 Å². The number of fused-ring (bicyclic) bond motifs is 1. The molecule has 3 aromatic rings. The van der Waals surface area contributed by atoms with Crippen LogP contribution in [-0.2, 0) is 4.79 Å². The molecule has 1 aliphatic carbocycles. The topological polar surface area (TPSA) is 67.2 Å². The molecule has 1 saturated carbocycles. The molecule has 5 heteroatoms. The molecule has 0 unspecified atom stereocenters. The third-order valence-electron chi connectivity index (χ3n) is 4.26. The Kier molecular flexibility index (Phi) is 3.75. The van der Waals surface area contributed by atoms with Gasteiger partial charge in [-0.3, -0.25) is 14.8 Å². The Hall–Kier alpha value is -3.08. The van der Waals surface area contributed by atoms with Crippen molar-refractivity contribution in [2.75, 3.05) is 0 Å². The maximum absolute atomic E-state index is 12.2. The monoisotopic (exact) mass is 316 g/mol. The van der Waals surface area contributed by atoms with E-state index < -0.39 is 0 Å². The highest BCUT2D eigenvalue weighted by atomic mass is 16.2. The first kappa shape index (κ1) is 14.5. The van der Waals surface area contributed by atoms with Crippen LogP contribution >= 0.6 is 0 Å². The van der Waals surface area contributed by atoms with E-state index in [0.717, 1.165) is 23.0 Å². The number of carbonyl (C=O) groups excluding carboxylic acids is 1. The molecular weight excluding hydrogens is 300 g/mol. The van der Waals surface area contributed by atoms with Crippen molar-refractivity contribution in [3.05, 3.63) is 72.1 Å². The standard InChI is InChI=1S/C19H16N4O/c24-19(16-11-15(16)13-5-2-1-3-6-13)23-22-12-14-7-4-8-17-18(14)21-10-9-20-17/h1-10,12,15-16H,11H2,(H,23,24)/b22-12-/t15-,16+/m1/s1. The molecule has 0 saturated heterocycles. The number of carbonyl (C=O) groups is 1. The molecule has 0 bridgehead atoms. The average molecular weight is 316 g/mol. The van der Waals surface area contributed by atoms with Crippen LogP contribution in [0.4, 0.5) is 0 Å². The lowest BCUT2D eigenvalue weighted by Gasteiger charge is -2.01. The van der Waals surface area contributed by atoms with Crippen LogP contribution < -0.4 is 5.43 Å². The number of nitrogens with zero attached hydrogens (tertiary/aromatic N) is 3. The van der Waals surface area contributed by atoms with Crippen molar-refractivity contribution >= 4 is 23.2 Å². The number of nitrogens with one attached hydrogen (secondary N) is 1. The van der Waals surface area contributed by atoms with Crippen LogP contribution in [0.25, 0.3) is 11.0 Å². The first-order valence-corrected chi connectivity index (χ1v) is 7.90. The highest BCUT2D eigenvalue weighted by Gasteiger charge is 2.43. The quantitative estimate of drug-likeness (QED) is 0.594. The van der Waals surface area contributed by atoms with E-state index >= 15 is 0 Å². The van der Waals surface area contributed by atoms with E-state index in [1.807, 2.05) is 36.4 Å². The maximum atomic E-state index is 12.2. The van der Waals surface area contributed by atoms with Crippen LogP contribution in [0.1, 0.15) is 23.5 Å². The van der Waals surface area contributed by atoms with E-state index in [-0.39, 0.29) is 11.8 Å². The third kappa shape index (κ3) is 2.88. The van der Waals surface area contributed by atoms with Gasteiger partial charge in [-0.1, -0.05) is 42.5 Å². The van der Waals surface area contributed by atoms with E-state index in [0.29, 0.717) is 5.92 Å². The second-order valence-corrected chi connectivity index (χ2v) is 5.86. The minimum Gasteiger partial charge on any atom is -0.273 e. The number of benzene rings is 2. The lowest BCUT2D eigenvalue weighted by molar-refractivity contribution is -0.122. The first-order valence-electron chi connectivity index (χ1n) is 7.90. The summed E-state index contributed by atoms with van der Waals surface area (Å²) < 4.78 is 0. The first-order chi connectivity index (χ1) is 11.8. The van der Waals surface area contributed by atoms with Crippen LogP contribution in [0, 0.1) is 5.92 Å². The van der Waals surface area contributed by atoms with Gasteiger partial charge in [0, 0.05) is 23.9 Å². The molecule has 1 N–H and O–H groups in total. The van der Waals surface area contributed by atoms with E-state index in [1.54, 1.807) is 18.6 Å². The minimum atomic E-state index is -0.0357. The second-order valence-electron chi connectivity index (χ2n) is 5.86. The van der Waals surface area contributed by atoms with Crippen molar-refractivity contribution in [3.63, 3.8) is 0 Å². The van der Waals surface area contributed by atoms with Gasteiger partial charge in [0.05, 0.1) is 17.2 Å². The SMILES string of the molecule is O=C(N/N=C\c1cccc2nccnc12)[C@H]1C[C@@H]1c1ccccc1. The number of hydrogen-bond donors (Lipinski definition) is 1. The molecule has 1 fully saturated rings. The normalized spacial score (nSPS) is 19.5. The summed E-state index contributed by atoms with van der Waals surface area (Å²) in [6, 6.07) is 15.8. The summed E-state index contributed by atoms with van der Waals surface area (Å²) in [6.07, 6.45) is 5.80. The van der Waals surface area contributed by atoms with Crippen molar-refractivity contribution < 1.29 is 4.79 Å². The Morgan fingerprint density at radius 2 is 1.92 bits per heavy atom. The molecule has 0 aliphatic heterocycles. The zero-order valence-corrected chi connectivity index (χ0v) is 13.0. The zero-order valence-electron chi connectivity index (χ0n) is 13.0. The predicted molar refractivity (Wildman–Crippen MR) is 92.6 cm³/mol. The van der Waals surface area contributed by atoms with Crippen LogP contribution in [-0.4, -0.2) is 22.1 Å². The summed E-state index contributed by atoms with van der Waals surface area (Å²) in [5.41, 5.74) is 6.26. The molecule has 1 amide bonds. The highest BCUT2D eigenvalue weighted by molar-refractivity contribution is 5.96. The molecular formula is C19H16N4O. The molecule has 24 heavy (non-hydrogen) atoms. The summed E-state index contributed by atoms with van der Waals surface area (Å²) in [5, 5.41) is 4.09. The maximum Gasteiger partial charge on any atom is 0.243 e. The van der Waals surface area contributed by atoms with Gasteiger partial charge in [-0.25, -0.2) is 5.43 Å². The summed E-state index contributed by atoms with van der Waals surface area (Å²) in [5.74, 6) is 0.285. The van der Waals surface area contributed by atoms with Gasteiger partial charge in [0.2, 0.25) is 5.91 Å². The van der Waals surface area contributed by atoms with Gasteiger partial charge >= 0.3 is 0 Å². The number of hydrogen-bond acceptors (Lipinski definition) is 4. The van der Waals surface area contributed by atoms with E-state index in [4.69, 9.17) is 0 Å². The van der Waals surface area contributed by atoms with E-state index in [9.17, 15) is 4.79 Å². The summed E-state index contributed by atoms with van der Waals surface area (Å²) in [6.45, 7) is 0. The Morgan fingerprint density at radius 3 is 2.79 bits per heavy atom. The van der Waals surface area contributed by atoms with Crippen molar-refractivity contribution in [1.82, 2.24) is 15.4 Å². The van der Waals surface area contributed by atoms with E-state index in [2.05, 4.69) is 32.6 Å². The summed E-state index contributed by atoms with van der Waals surface area (Å²) in [7, 11) is 0. The van der Waals surface area contributed by atoms with Gasteiger partial charge in [0.15, 0.2) is 0 Å². The van der Waals surface area contributed by atoms with Crippen LogP contribution in [0.5, 0.6) is 0 Å². The Balaban J connectivity index is 1.42. The zero-order chi connectivity index (χ0) is 16.4. The molecule has 5 nitrogen and oxygen atoms in total. The molecule has 1 aromatic heterocycles. The lowest BCUT2D eigenvalue weighted by atomic mass is 10.1. The molecule has 118 valence electrons. The van der Waals surface area contributed by atoms with Gasteiger partial charge in [-0.05, 0) is 24.0 Å². The van der Waals surface area contributed by atoms with Gasteiger partial charge in [0.25, 0.3) is 0 Å². The minimum absolute atomic E-state index is 0.0110. The molecule has 4 rings (SSSR count). The van der Waals surface area contributed by atoms with Crippen LogP contribution in [0.15, 0.2) is 66.0 Å². The third-order valence-corrected chi connectivity index (χ3v) is 4.26. The number of rotatable bonds is 4. The lowest BCUT2D eigenvalue weighted by Crippen LogP contribution is -2.20. The molecule has 0 spiro atoms. The predicted octanol–water partition coefficient (Wildman–Crippen LogP) is 2.88. The number of aromatic nitrogens is 2. The van der Waals surface area contributed by atoms with E-state index in [1.165, 1.54) is 5.56 Å². The highest BCUT2D eigenvalue weighted by Crippen LogP contribution is 2.47. The van der Waals surface area contributed by atoms with Crippen LogP contribution in [0.3, 0.4) is 0 Å².